The van der Waals surface area contributed by atoms with Gasteiger partial charge < -0.3 is 15.0 Å². The van der Waals surface area contributed by atoms with Crippen LogP contribution in [0.3, 0.4) is 0 Å². The molecule has 1 fully saturated rings. The molecule has 1 saturated heterocycles. The lowest BCUT2D eigenvalue weighted by molar-refractivity contribution is 0.155. The molecule has 1 atom stereocenters. The standard InChI is InChI=1S/C12H14FN3O/c13-8-3-4-10-11(6-8)16-12(15-10)17-9-2-1-5-14-7-9/h3-4,6,9,14H,1-2,5,7H2,(H,15,16)/t9-/m0/s1. The van der Waals surface area contributed by atoms with Crippen LogP contribution in [0.25, 0.3) is 11.0 Å². The molecule has 0 saturated carbocycles. The van der Waals surface area contributed by atoms with E-state index in [1.807, 2.05) is 0 Å². The molecule has 0 unspecified atom stereocenters. The third-order valence-electron chi connectivity index (χ3n) is 2.95. The van der Waals surface area contributed by atoms with Gasteiger partial charge in [0.25, 0.3) is 6.01 Å². The van der Waals surface area contributed by atoms with E-state index in [9.17, 15) is 4.39 Å². The van der Waals surface area contributed by atoms with E-state index in [1.54, 1.807) is 6.07 Å². The normalized spacial score (nSPS) is 20.6. The van der Waals surface area contributed by atoms with Crippen molar-refractivity contribution >= 4 is 11.0 Å². The van der Waals surface area contributed by atoms with Crippen LogP contribution < -0.4 is 10.1 Å². The average molecular weight is 235 g/mol. The van der Waals surface area contributed by atoms with Crippen LogP contribution in [-0.2, 0) is 0 Å². The summed E-state index contributed by atoms with van der Waals surface area (Å²) in [5.74, 6) is -0.271. The van der Waals surface area contributed by atoms with Crippen LogP contribution in [0.15, 0.2) is 18.2 Å². The third kappa shape index (κ3) is 2.24. The predicted molar refractivity (Wildman–Crippen MR) is 62.6 cm³/mol. The van der Waals surface area contributed by atoms with Crippen molar-refractivity contribution in [3.05, 3.63) is 24.0 Å². The third-order valence-corrected chi connectivity index (χ3v) is 2.95. The van der Waals surface area contributed by atoms with Gasteiger partial charge in [-0.15, -0.1) is 0 Å². The van der Waals surface area contributed by atoms with Gasteiger partial charge in [-0.1, -0.05) is 0 Å². The highest BCUT2D eigenvalue weighted by molar-refractivity contribution is 5.75. The average Bonchev–Trinajstić information content (AvgIpc) is 2.71. The summed E-state index contributed by atoms with van der Waals surface area (Å²) in [5.41, 5.74) is 1.40. The van der Waals surface area contributed by atoms with E-state index >= 15 is 0 Å². The summed E-state index contributed by atoms with van der Waals surface area (Å²) in [5, 5.41) is 3.27. The van der Waals surface area contributed by atoms with Crippen LogP contribution in [0.4, 0.5) is 4.39 Å². The first-order chi connectivity index (χ1) is 8.31. The summed E-state index contributed by atoms with van der Waals surface area (Å²) in [7, 11) is 0. The Labute approximate surface area is 98.2 Å². The van der Waals surface area contributed by atoms with Crippen molar-refractivity contribution in [2.75, 3.05) is 13.1 Å². The van der Waals surface area contributed by atoms with E-state index < -0.39 is 0 Å². The maximum atomic E-state index is 13.0. The molecule has 4 nitrogen and oxygen atoms in total. The fourth-order valence-corrected chi connectivity index (χ4v) is 2.09. The lowest BCUT2D eigenvalue weighted by atomic mass is 10.1. The summed E-state index contributed by atoms with van der Waals surface area (Å²) in [6.45, 7) is 1.89. The summed E-state index contributed by atoms with van der Waals surface area (Å²) in [4.78, 5) is 7.26. The van der Waals surface area contributed by atoms with E-state index in [2.05, 4.69) is 15.3 Å². The van der Waals surface area contributed by atoms with E-state index in [0.717, 1.165) is 31.4 Å². The number of rotatable bonds is 2. The summed E-state index contributed by atoms with van der Waals surface area (Å²) in [6, 6.07) is 4.94. The number of fused-ring (bicyclic) bond motifs is 1. The maximum Gasteiger partial charge on any atom is 0.294 e. The van der Waals surface area contributed by atoms with Gasteiger partial charge in [-0.3, -0.25) is 0 Å². The molecule has 5 heteroatoms. The van der Waals surface area contributed by atoms with Crippen LogP contribution in [0.2, 0.25) is 0 Å². The number of halogens is 1. The molecule has 0 aliphatic carbocycles. The van der Waals surface area contributed by atoms with Gasteiger partial charge in [0.05, 0.1) is 11.0 Å². The van der Waals surface area contributed by atoms with Gasteiger partial charge in [-0.25, -0.2) is 4.39 Å². The number of H-pyrrole nitrogens is 1. The highest BCUT2D eigenvalue weighted by atomic mass is 19.1. The smallest absolute Gasteiger partial charge is 0.294 e. The van der Waals surface area contributed by atoms with E-state index in [4.69, 9.17) is 4.74 Å². The van der Waals surface area contributed by atoms with Gasteiger partial charge in [0.2, 0.25) is 0 Å². The van der Waals surface area contributed by atoms with Crippen molar-refractivity contribution in [1.82, 2.24) is 15.3 Å². The number of piperidine rings is 1. The summed E-state index contributed by atoms with van der Waals surface area (Å²) >= 11 is 0. The Hall–Kier alpha value is -1.62. The van der Waals surface area contributed by atoms with E-state index in [1.165, 1.54) is 12.1 Å². The van der Waals surface area contributed by atoms with Crippen molar-refractivity contribution < 1.29 is 9.13 Å². The Kier molecular flexibility index (Phi) is 2.68. The first-order valence-electron chi connectivity index (χ1n) is 5.84. The highest BCUT2D eigenvalue weighted by Crippen LogP contribution is 2.18. The number of hydrogen-bond acceptors (Lipinski definition) is 3. The highest BCUT2D eigenvalue weighted by Gasteiger charge is 2.16. The molecule has 0 spiro atoms. The second-order valence-corrected chi connectivity index (χ2v) is 4.29. The van der Waals surface area contributed by atoms with Crippen molar-refractivity contribution in [1.29, 1.82) is 0 Å². The predicted octanol–water partition coefficient (Wildman–Crippen LogP) is 1.83. The number of nitrogens with zero attached hydrogens (tertiary/aromatic N) is 1. The minimum atomic E-state index is -0.271. The molecule has 0 amide bonds. The molecule has 1 aliphatic rings. The SMILES string of the molecule is Fc1ccc2nc(O[C@H]3CCCNC3)[nH]c2c1. The molecule has 2 N–H and O–H groups in total. The Morgan fingerprint density at radius 2 is 2.35 bits per heavy atom. The van der Waals surface area contributed by atoms with Crippen LogP contribution in [-0.4, -0.2) is 29.2 Å². The zero-order chi connectivity index (χ0) is 11.7. The van der Waals surface area contributed by atoms with Gasteiger partial charge in [-0.05, 0) is 37.6 Å². The minimum Gasteiger partial charge on any atom is -0.460 e. The van der Waals surface area contributed by atoms with E-state index in [0.29, 0.717) is 11.5 Å². The van der Waals surface area contributed by atoms with Crippen molar-refractivity contribution in [3.63, 3.8) is 0 Å². The minimum absolute atomic E-state index is 0.147. The molecule has 1 aliphatic heterocycles. The lowest BCUT2D eigenvalue weighted by Crippen LogP contribution is -2.37. The van der Waals surface area contributed by atoms with Crippen LogP contribution in [0, 0.1) is 5.82 Å². The van der Waals surface area contributed by atoms with Crippen LogP contribution in [0.5, 0.6) is 6.01 Å². The number of benzene rings is 1. The largest absolute Gasteiger partial charge is 0.460 e. The Balaban J connectivity index is 1.80. The fraction of sp³-hybridized carbons (Fsp3) is 0.417. The quantitative estimate of drug-likeness (QED) is 0.835. The molecular formula is C12H14FN3O. The topological polar surface area (TPSA) is 49.9 Å². The summed E-state index contributed by atoms with van der Waals surface area (Å²) < 4.78 is 18.7. The number of hydrogen-bond donors (Lipinski definition) is 2. The Morgan fingerprint density at radius 3 is 3.18 bits per heavy atom. The molecule has 1 aromatic heterocycles. The van der Waals surface area contributed by atoms with Crippen molar-refractivity contribution in [2.24, 2.45) is 0 Å². The zero-order valence-electron chi connectivity index (χ0n) is 9.37. The van der Waals surface area contributed by atoms with Gasteiger partial charge in [-0.2, -0.15) is 4.98 Å². The Morgan fingerprint density at radius 1 is 1.41 bits per heavy atom. The molecule has 2 aromatic rings. The first-order valence-corrected chi connectivity index (χ1v) is 5.84. The number of nitrogens with one attached hydrogen (secondary N) is 2. The molecule has 3 rings (SSSR count). The van der Waals surface area contributed by atoms with Gasteiger partial charge in [0.15, 0.2) is 0 Å². The number of imidazole rings is 1. The second-order valence-electron chi connectivity index (χ2n) is 4.29. The van der Waals surface area contributed by atoms with Crippen LogP contribution in [0.1, 0.15) is 12.8 Å². The molecule has 1 aromatic carbocycles. The Bertz CT molecular complexity index is 519. The monoisotopic (exact) mass is 235 g/mol. The first kappa shape index (κ1) is 10.5. The number of ether oxygens (including phenoxy) is 1. The molecular weight excluding hydrogens is 221 g/mol. The van der Waals surface area contributed by atoms with Gasteiger partial charge in [0, 0.05) is 6.54 Å². The second kappa shape index (κ2) is 4.33. The fourth-order valence-electron chi connectivity index (χ4n) is 2.09. The molecule has 0 bridgehead atoms. The van der Waals surface area contributed by atoms with Gasteiger partial charge >= 0.3 is 0 Å². The summed E-state index contributed by atoms with van der Waals surface area (Å²) in [6.07, 6.45) is 2.28. The van der Waals surface area contributed by atoms with E-state index in [-0.39, 0.29) is 11.9 Å². The van der Waals surface area contributed by atoms with Crippen molar-refractivity contribution in [2.45, 2.75) is 18.9 Å². The zero-order valence-corrected chi connectivity index (χ0v) is 9.37. The lowest BCUT2D eigenvalue weighted by Gasteiger charge is -2.22. The number of aromatic nitrogens is 2. The molecule has 0 radical (unpaired) electrons. The van der Waals surface area contributed by atoms with Crippen LogP contribution >= 0.6 is 0 Å². The van der Waals surface area contributed by atoms with Crippen molar-refractivity contribution in [3.8, 4) is 6.01 Å². The molecule has 2 heterocycles. The maximum absolute atomic E-state index is 13.0. The van der Waals surface area contributed by atoms with Gasteiger partial charge in [0.1, 0.15) is 11.9 Å². The molecule has 90 valence electrons. The number of aromatic amines is 1. The molecule has 17 heavy (non-hydrogen) atoms.